The predicted octanol–water partition coefficient (Wildman–Crippen LogP) is 1.65. The van der Waals surface area contributed by atoms with Crippen molar-refractivity contribution in [3.63, 3.8) is 0 Å². The molecule has 0 aliphatic heterocycles. The Hall–Kier alpha value is -1.47. The molecule has 0 aliphatic rings. The number of thiazole rings is 1. The minimum absolute atomic E-state index is 0.000463. The van der Waals surface area contributed by atoms with Crippen LogP contribution in [0, 0.1) is 6.92 Å². The molecule has 0 fully saturated rings. The van der Waals surface area contributed by atoms with Crippen molar-refractivity contribution < 1.29 is 8.42 Å². The Morgan fingerprint density at radius 3 is 2.81 bits per heavy atom. The highest BCUT2D eigenvalue weighted by Crippen LogP contribution is 2.14. The van der Waals surface area contributed by atoms with Crippen LogP contribution in [0.1, 0.15) is 5.56 Å². The van der Waals surface area contributed by atoms with Crippen molar-refractivity contribution in [2.75, 3.05) is 4.72 Å². The van der Waals surface area contributed by atoms with Crippen LogP contribution in [-0.2, 0) is 10.0 Å². The van der Waals surface area contributed by atoms with Gasteiger partial charge in [-0.25, -0.2) is 9.97 Å². The van der Waals surface area contributed by atoms with E-state index in [4.69, 9.17) is 0 Å². The molecule has 0 aromatic carbocycles. The fourth-order valence-electron chi connectivity index (χ4n) is 1.11. The molecule has 0 atom stereocenters. The van der Waals surface area contributed by atoms with Crippen molar-refractivity contribution in [1.82, 2.24) is 9.97 Å². The first-order valence-corrected chi connectivity index (χ1v) is 6.84. The van der Waals surface area contributed by atoms with Gasteiger partial charge in [0.15, 0.2) is 10.8 Å². The molecule has 0 radical (unpaired) electrons. The van der Waals surface area contributed by atoms with Crippen molar-refractivity contribution in [3.05, 3.63) is 34.8 Å². The number of hydrogen-bond acceptors (Lipinski definition) is 5. The number of pyridine rings is 1. The molecule has 0 bridgehead atoms. The Morgan fingerprint density at radius 1 is 1.38 bits per heavy atom. The van der Waals surface area contributed by atoms with E-state index in [0.717, 1.165) is 5.56 Å². The number of nitrogens with one attached hydrogen (secondary N) is 1. The highest BCUT2D eigenvalue weighted by molar-refractivity contribution is 7.92. The van der Waals surface area contributed by atoms with E-state index >= 15 is 0 Å². The second-order valence-electron chi connectivity index (χ2n) is 3.15. The molecular formula is C9H9N3O2S2. The van der Waals surface area contributed by atoms with Crippen molar-refractivity contribution in [3.8, 4) is 0 Å². The van der Waals surface area contributed by atoms with Crippen LogP contribution in [0.15, 0.2) is 34.2 Å². The number of hydrogen-bond donors (Lipinski definition) is 1. The van der Waals surface area contributed by atoms with Gasteiger partial charge in [0.2, 0.25) is 0 Å². The molecule has 0 unspecified atom stereocenters. The Morgan fingerprint density at radius 2 is 2.19 bits per heavy atom. The first-order valence-electron chi connectivity index (χ1n) is 4.41. The van der Waals surface area contributed by atoms with Gasteiger partial charge < -0.3 is 0 Å². The first-order chi connectivity index (χ1) is 7.58. The van der Waals surface area contributed by atoms with E-state index in [1.54, 1.807) is 17.0 Å². The molecule has 0 saturated carbocycles. The van der Waals surface area contributed by atoms with E-state index in [2.05, 4.69) is 14.7 Å². The van der Waals surface area contributed by atoms with E-state index in [1.807, 2.05) is 6.92 Å². The molecule has 84 valence electrons. The monoisotopic (exact) mass is 255 g/mol. The molecule has 0 aliphatic carbocycles. The SMILES string of the molecule is Cc1ccnc(S(=O)(=O)Nc2cscn2)c1. The molecule has 7 heteroatoms. The van der Waals surface area contributed by atoms with Crippen molar-refractivity contribution in [2.45, 2.75) is 11.9 Å². The lowest BCUT2D eigenvalue weighted by Gasteiger charge is -2.04. The van der Waals surface area contributed by atoms with Gasteiger partial charge in [0.25, 0.3) is 10.0 Å². The molecule has 2 aromatic heterocycles. The lowest BCUT2D eigenvalue weighted by atomic mass is 10.3. The van der Waals surface area contributed by atoms with Crippen LogP contribution in [0.25, 0.3) is 0 Å². The quantitative estimate of drug-likeness (QED) is 0.905. The number of nitrogens with zero attached hydrogens (tertiary/aromatic N) is 2. The third kappa shape index (κ3) is 2.37. The lowest BCUT2D eigenvalue weighted by molar-refractivity contribution is 0.597. The van der Waals surface area contributed by atoms with Crippen LogP contribution < -0.4 is 4.72 Å². The second-order valence-corrected chi connectivity index (χ2v) is 5.50. The van der Waals surface area contributed by atoms with Gasteiger partial charge in [0.05, 0.1) is 5.51 Å². The van der Waals surface area contributed by atoms with Gasteiger partial charge in [-0.3, -0.25) is 4.72 Å². The zero-order valence-corrected chi connectivity index (χ0v) is 10.0. The first kappa shape index (κ1) is 11.0. The Kier molecular flexibility index (Phi) is 2.88. The Bertz CT molecular complexity index is 579. The van der Waals surface area contributed by atoms with Gasteiger partial charge in [-0.1, -0.05) is 0 Å². The van der Waals surface area contributed by atoms with Gasteiger partial charge in [0.1, 0.15) is 0 Å². The molecule has 1 N–H and O–H groups in total. The molecule has 0 amide bonds. The summed E-state index contributed by atoms with van der Waals surface area (Å²) in [7, 11) is -3.62. The summed E-state index contributed by atoms with van der Waals surface area (Å²) in [5.41, 5.74) is 2.40. The molecule has 5 nitrogen and oxygen atoms in total. The molecule has 0 saturated heterocycles. The van der Waals surface area contributed by atoms with Crippen molar-refractivity contribution >= 4 is 27.2 Å². The molecular weight excluding hydrogens is 246 g/mol. The molecule has 2 aromatic rings. The maximum Gasteiger partial charge on any atom is 0.280 e. The number of aromatic nitrogens is 2. The van der Waals surface area contributed by atoms with Crippen LogP contribution in [0.4, 0.5) is 5.82 Å². The number of aryl methyl sites for hydroxylation is 1. The van der Waals surface area contributed by atoms with Gasteiger partial charge in [-0.2, -0.15) is 8.42 Å². The van der Waals surface area contributed by atoms with E-state index in [9.17, 15) is 8.42 Å². The highest BCUT2D eigenvalue weighted by Gasteiger charge is 2.16. The fourth-order valence-corrected chi connectivity index (χ4v) is 2.70. The summed E-state index contributed by atoms with van der Waals surface area (Å²) < 4.78 is 26.0. The van der Waals surface area contributed by atoms with E-state index < -0.39 is 10.0 Å². The smallest absolute Gasteiger partial charge is 0.261 e. The summed E-state index contributed by atoms with van der Waals surface area (Å²) in [6.45, 7) is 1.81. The van der Waals surface area contributed by atoms with Crippen LogP contribution >= 0.6 is 11.3 Å². The fraction of sp³-hybridized carbons (Fsp3) is 0.111. The summed E-state index contributed by atoms with van der Waals surface area (Å²) in [6, 6.07) is 3.25. The van der Waals surface area contributed by atoms with E-state index in [1.165, 1.54) is 23.6 Å². The van der Waals surface area contributed by atoms with Crippen LogP contribution in [-0.4, -0.2) is 18.4 Å². The van der Waals surface area contributed by atoms with Gasteiger partial charge >= 0.3 is 0 Å². The third-order valence-corrected chi connectivity index (χ3v) is 3.68. The molecule has 16 heavy (non-hydrogen) atoms. The van der Waals surface area contributed by atoms with Crippen molar-refractivity contribution in [2.24, 2.45) is 0 Å². The van der Waals surface area contributed by atoms with Gasteiger partial charge in [-0.15, -0.1) is 11.3 Å². The average molecular weight is 255 g/mol. The summed E-state index contributed by atoms with van der Waals surface area (Å²) >= 11 is 1.32. The summed E-state index contributed by atoms with van der Waals surface area (Å²) in [4.78, 5) is 7.67. The van der Waals surface area contributed by atoms with Crippen LogP contribution in [0.2, 0.25) is 0 Å². The minimum atomic E-state index is -3.62. The number of sulfonamides is 1. The topological polar surface area (TPSA) is 72.0 Å². The maximum atomic E-state index is 11.8. The normalized spacial score (nSPS) is 11.3. The summed E-state index contributed by atoms with van der Waals surface area (Å²) in [5, 5.41) is 1.62. The van der Waals surface area contributed by atoms with Gasteiger partial charge in [-0.05, 0) is 24.6 Å². The second kappa shape index (κ2) is 4.18. The molecule has 0 spiro atoms. The van der Waals surface area contributed by atoms with Crippen LogP contribution in [0.3, 0.4) is 0 Å². The Labute approximate surface area is 97.2 Å². The maximum absolute atomic E-state index is 11.8. The zero-order chi connectivity index (χ0) is 11.6. The third-order valence-electron chi connectivity index (χ3n) is 1.84. The average Bonchev–Trinajstić information content (AvgIpc) is 2.70. The lowest BCUT2D eigenvalue weighted by Crippen LogP contribution is -2.14. The minimum Gasteiger partial charge on any atom is -0.261 e. The summed E-state index contributed by atoms with van der Waals surface area (Å²) in [6.07, 6.45) is 1.46. The largest absolute Gasteiger partial charge is 0.280 e. The van der Waals surface area contributed by atoms with E-state index in [-0.39, 0.29) is 5.03 Å². The predicted molar refractivity (Wildman–Crippen MR) is 61.9 cm³/mol. The van der Waals surface area contributed by atoms with Crippen LogP contribution in [0.5, 0.6) is 0 Å². The van der Waals surface area contributed by atoms with Crippen molar-refractivity contribution in [1.29, 1.82) is 0 Å². The zero-order valence-electron chi connectivity index (χ0n) is 8.41. The molecule has 2 rings (SSSR count). The van der Waals surface area contributed by atoms with E-state index in [0.29, 0.717) is 5.82 Å². The summed E-state index contributed by atoms with van der Waals surface area (Å²) in [5.74, 6) is 0.313. The molecule has 2 heterocycles. The highest BCUT2D eigenvalue weighted by atomic mass is 32.2. The Balaban J connectivity index is 2.33. The standard InChI is InChI=1S/C9H9N3O2S2/c1-7-2-3-10-9(4-7)16(13,14)12-8-5-15-6-11-8/h2-6,12H,1H3. The number of anilines is 1. The number of rotatable bonds is 3. The van der Waals surface area contributed by atoms with Gasteiger partial charge in [0, 0.05) is 11.6 Å².